The van der Waals surface area contributed by atoms with Gasteiger partial charge in [-0.05, 0) is 62.5 Å². The predicted molar refractivity (Wildman–Crippen MR) is 140 cm³/mol. The van der Waals surface area contributed by atoms with E-state index in [1.54, 1.807) is 44.4 Å². The zero-order valence-electron chi connectivity index (χ0n) is 21.6. The van der Waals surface area contributed by atoms with E-state index in [-0.39, 0.29) is 35.5 Å². The second-order valence-electron chi connectivity index (χ2n) is 10.6. The number of carbonyl (C=O) groups excluding carboxylic acids is 4. The van der Waals surface area contributed by atoms with E-state index < -0.39 is 58.0 Å². The maximum absolute atomic E-state index is 13.9. The van der Waals surface area contributed by atoms with Crippen LogP contribution in [0.15, 0.2) is 53.3 Å². The Hall–Kier alpha value is -4.28. The van der Waals surface area contributed by atoms with Gasteiger partial charge in [0.15, 0.2) is 17.2 Å². The highest BCUT2D eigenvalue weighted by Gasteiger charge is 2.64. The van der Waals surface area contributed by atoms with Crippen molar-refractivity contribution in [3.63, 3.8) is 0 Å². The topological polar surface area (TPSA) is 178 Å². The fraction of sp³-hybridized carbons (Fsp3) is 0.310. The van der Waals surface area contributed by atoms with Crippen molar-refractivity contribution in [2.45, 2.75) is 31.4 Å². The molecule has 1 fully saturated rings. The first kappa shape index (κ1) is 26.3. The van der Waals surface area contributed by atoms with Crippen molar-refractivity contribution >= 4 is 29.0 Å². The number of phenolic OH excluding ortho intramolecular Hbond substituents is 1. The van der Waals surface area contributed by atoms with Crippen LogP contribution in [0.3, 0.4) is 0 Å². The molecule has 3 aliphatic carbocycles. The second kappa shape index (κ2) is 8.89. The highest BCUT2D eigenvalue weighted by molar-refractivity contribution is 6.24. The Labute approximate surface area is 223 Å². The molecule has 0 aliphatic heterocycles. The van der Waals surface area contributed by atoms with Crippen molar-refractivity contribution in [2.75, 3.05) is 14.1 Å². The minimum atomic E-state index is -2.68. The van der Waals surface area contributed by atoms with E-state index in [0.717, 1.165) is 5.56 Å². The number of aliphatic hydroxyl groups is 3. The number of aromatic hydroxyl groups is 1. The van der Waals surface area contributed by atoms with Gasteiger partial charge in [-0.1, -0.05) is 30.3 Å². The molecule has 10 nitrogen and oxygen atoms in total. The summed E-state index contributed by atoms with van der Waals surface area (Å²) in [7, 11) is 3.10. The number of fused-ring (bicyclic) bond motifs is 3. The maximum Gasteiger partial charge on any atom is 0.255 e. The molecule has 4 atom stereocenters. The Morgan fingerprint density at radius 2 is 1.67 bits per heavy atom. The summed E-state index contributed by atoms with van der Waals surface area (Å²) in [6.07, 6.45) is 0.177. The van der Waals surface area contributed by atoms with Crippen LogP contribution in [0.1, 0.15) is 34.8 Å². The lowest BCUT2D eigenvalue weighted by Crippen LogP contribution is -2.65. The Morgan fingerprint density at radius 3 is 2.23 bits per heavy atom. The summed E-state index contributed by atoms with van der Waals surface area (Å²) in [4.78, 5) is 52.4. The van der Waals surface area contributed by atoms with Crippen LogP contribution in [0.4, 0.5) is 0 Å². The Bertz CT molecular complexity index is 1540. The summed E-state index contributed by atoms with van der Waals surface area (Å²) < 4.78 is 0. The van der Waals surface area contributed by atoms with Crippen LogP contribution < -0.4 is 5.73 Å². The fourth-order valence-electron chi connectivity index (χ4n) is 6.40. The molecule has 0 spiro atoms. The van der Waals surface area contributed by atoms with Gasteiger partial charge in [0.05, 0.1) is 11.6 Å². The molecular weight excluding hydrogens is 504 g/mol. The molecule has 0 bridgehead atoms. The summed E-state index contributed by atoms with van der Waals surface area (Å²) in [6, 6.07) is 8.75. The van der Waals surface area contributed by atoms with Gasteiger partial charge in [0.2, 0.25) is 5.78 Å². The van der Waals surface area contributed by atoms with E-state index in [0.29, 0.717) is 16.7 Å². The smallest absolute Gasteiger partial charge is 0.255 e. The number of aliphatic hydroxyl groups excluding tert-OH is 2. The summed E-state index contributed by atoms with van der Waals surface area (Å²) in [5.41, 5.74) is 4.08. The van der Waals surface area contributed by atoms with Crippen molar-refractivity contribution in [2.24, 2.45) is 17.6 Å². The average Bonchev–Trinajstić information content (AvgIpc) is 2.86. The number of carbonyl (C=O) groups is 4. The third-order valence-corrected chi connectivity index (χ3v) is 8.21. The molecule has 0 saturated heterocycles. The maximum atomic E-state index is 13.9. The highest BCUT2D eigenvalue weighted by atomic mass is 16.3. The molecule has 2 unspecified atom stereocenters. The van der Waals surface area contributed by atoms with Gasteiger partial charge in [-0.25, -0.2) is 0 Å². The van der Waals surface area contributed by atoms with Gasteiger partial charge in [0.1, 0.15) is 22.8 Å². The molecule has 0 aromatic heterocycles. The van der Waals surface area contributed by atoms with Crippen LogP contribution in [-0.2, 0) is 20.8 Å². The second-order valence-corrected chi connectivity index (χ2v) is 10.6. The van der Waals surface area contributed by atoms with Crippen LogP contribution in [0.2, 0.25) is 0 Å². The van der Waals surface area contributed by atoms with Gasteiger partial charge in [-0.15, -0.1) is 0 Å². The number of rotatable bonds is 4. The Morgan fingerprint density at radius 1 is 1.03 bits per heavy atom. The van der Waals surface area contributed by atoms with E-state index in [9.17, 15) is 39.6 Å². The average molecular weight is 533 g/mol. The van der Waals surface area contributed by atoms with Crippen LogP contribution >= 0.6 is 0 Å². The van der Waals surface area contributed by atoms with Crippen molar-refractivity contribution < 1.29 is 39.6 Å². The van der Waals surface area contributed by atoms with Crippen molar-refractivity contribution in [3.05, 3.63) is 70.0 Å². The first-order valence-electron chi connectivity index (χ1n) is 12.4. The van der Waals surface area contributed by atoms with E-state index in [1.165, 1.54) is 17.9 Å². The van der Waals surface area contributed by atoms with Crippen LogP contribution in [0, 0.1) is 11.8 Å². The molecular formula is C29H28N2O8. The molecule has 0 heterocycles. The first-order valence-corrected chi connectivity index (χ1v) is 12.4. The number of nitrogens with two attached hydrogens (primary N) is 1. The molecule has 1 amide bonds. The molecule has 1 saturated carbocycles. The minimum absolute atomic E-state index is 0.00410. The molecule has 2 aromatic carbocycles. The van der Waals surface area contributed by atoms with Gasteiger partial charge >= 0.3 is 0 Å². The van der Waals surface area contributed by atoms with Gasteiger partial charge in [-0.3, -0.25) is 24.1 Å². The zero-order chi connectivity index (χ0) is 28.5. The van der Waals surface area contributed by atoms with Crippen LogP contribution in [-0.4, -0.2) is 74.3 Å². The number of primary amides is 1. The monoisotopic (exact) mass is 532 g/mol. The quantitative estimate of drug-likeness (QED) is 0.290. The van der Waals surface area contributed by atoms with Gasteiger partial charge in [0, 0.05) is 17.1 Å². The number of ketones is 3. The molecule has 39 heavy (non-hydrogen) atoms. The number of amides is 1. The van der Waals surface area contributed by atoms with Gasteiger partial charge in [0.25, 0.3) is 5.91 Å². The van der Waals surface area contributed by atoms with Crippen molar-refractivity contribution in [1.82, 2.24) is 4.90 Å². The van der Waals surface area contributed by atoms with E-state index in [2.05, 4.69) is 0 Å². The number of hydrogen-bond donors (Lipinski definition) is 5. The standard InChI is InChI=1S/C29H28N2O8/c1-12(32)13-4-6-14(7-5-13)16-8-9-19(33)21-17(16)10-15-11-18-23(31(2)3)25(35)22(28(30)38)27(37)29(18,39)26(36)20(15)24(21)34/h4-9,15,18,23,33-34,37,39H,10-11H2,1-3H3,(H2,30,38)/t15?,18?,23-,29-/m0/s1. The predicted octanol–water partition coefficient (Wildman–Crippen LogP) is 1.83. The zero-order valence-corrected chi connectivity index (χ0v) is 21.6. The van der Waals surface area contributed by atoms with Gasteiger partial charge in [-0.2, -0.15) is 0 Å². The van der Waals surface area contributed by atoms with E-state index in [1.807, 2.05) is 0 Å². The lowest BCUT2D eigenvalue weighted by molar-refractivity contribution is -0.153. The lowest BCUT2D eigenvalue weighted by atomic mass is 9.57. The largest absolute Gasteiger partial charge is 0.508 e. The molecule has 10 heteroatoms. The molecule has 202 valence electrons. The summed E-state index contributed by atoms with van der Waals surface area (Å²) in [6.45, 7) is 1.46. The normalized spacial score (nSPS) is 26.3. The molecule has 3 aliphatic rings. The third-order valence-electron chi connectivity index (χ3n) is 8.21. The van der Waals surface area contributed by atoms with Crippen molar-refractivity contribution in [3.8, 4) is 16.9 Å². The summed E-state index contributed by atoms with van der Waals surface area (Å²) in [5, 5.41) is 44.7. The number of phenols is 1. The van der Waals surface area contributed by atoms with Crippen LogP contribution in [0.25, 0.3) is 16.9 Å². The minimum Gasteiger partial charge on any atom is -0.508 e. The molecule has 5 rings (SSSR count). The fourth-order valence-corrected chi connectivity index (χ4v) is 6.40. The highest BCUT2D eigenvalue weighted by Crippen LogP contribution is 2.53. The number of nitrogens with zero attached hydrogens (tertiary/aromatic N) is 1. The van der Waals surface area contributed by atoms with E-state index >= 15 is 0 Å². The number of likely N-dealkylation sites (N-methyl/N-ethyl adjacent to an activating group) is 1. The third kappa shape index (κ3) is 3.63. The lowest BCUT2D eigenvalue weighted by Gasteiger charge is -2.50. The Kier molecular flexibility index (Phi) is 6.00. The summed E-state index contributed by atoms with van der Waals surface area (Å²) >= 11 is 0. The van der Waals surface area contributed by atoms with Gasteiger partial charge < -0.3 is 26.2 Å². The van der Waals surface area contributed by atoms with Crippen molar-refractivity contribution in [1.29, 1.82) is 0 Å². The molecule has 6 N–H and O–H groups in total. The first-order chi connectivity index (χ1) is 18.3. The van der Waals surface area contributed by atoms with E-state index in [4.69, 9.17) is 5.73 Å². The summed E-state index contributed by atoms with van der Waals surface area (Å²) in [5.74, 6) is -7.02. The van der Waals surface area contributed by atoms with Crippen LogP contribution in [0.5, 0.6) is 5.75 Å². The SMILES string of the molecule is CC(=O)c1ccc(-c2ccc(O)c3c2CC2CC4[C@H](N(C)C)C(=O)C(C(N)=O)=C(O)[C@@]4(O)C(=O)C2=C3O)cc1. The Balaban J connectivity index is 1.71. The number of hydrogen-bond acceptors (Lipinski definition) is 9. The number of benzene rings is 2. The molecule has 0 radical (unpaired) electrons. The molecule has 2 aromatic rings. The number of Topliss-reactive ketones (excluding diaryl/α,β-unsaturated/α-hetero) is 3.